The molecule has 0 saturated carbocycles. The third-order valence-corrected chi connectivity index (χ3v) is 4.08. The topological polar surface area (TPSA) is 21.7 Å². The third-order valence-electron chi connectivity index (χ3n) is 2.23. The van der Waals surface area contributed by atoms with Gasteiger partial charge in [0.1, 0.15) is 0 Å². The van der Waals surface area contributed by atoms with Gasteiger partial charge in [0.15, 0.2) is 0 Å². The monoisotopic (exact) mass is 191 g/mol. The molecule has 1 unspecified atom stereocenters. The van der Waals surface area contributed by atoms with Crippen LogP contribution in [0, 0.1) is 0 Å². The van der Waals surface area contributed by atoms with Crippen LogP contribution in [0.1, 0.15) is 13.3 Å². The van der Waals surface area contributed by atoms with Gasteiger partial charge < -0.3 is 13.8 Å². The van der Waals surface area contributed by atoms with E-state index in [0.29, 0.717) is 6.04 Å². The van der Waals surface area contributed by atoms with Gasteiger partial charge in [-0.25, -0.2) is 0 Å². The molecule has 74 valence electrons. The summed E-state index contributed by atoms with van der Waals surface area (Å²) in [4.78, 5) is 2.22. The Morgan fingerprint density at radius 3 is 2.08 bits per heavy atom. The fourth-order valence-corrected chi connectivity index (χ4v) is 2.39. The maximum atomic E-state index is 5.23. The standard InChI is InChI=1S/C8H21NO2Si/c1-8(9(2)3)6-7-12(10-4)11-5/h8,12H,6-7H2,1-5H3. The van der Waals surface area contributed by atoms with Gasteiger partial charge in [-0.05, 0) is 33.5 Å². The van der Waals surface area contributed by atoms with E-state index in [-0.39, 0.29) is 0 Å². The van der Waals surface area contributed by atoms with E-state index >= 15 is 0 Å². The van der Waals surface area contributed by atoms with Crippen LogP contribution < -0.4 is 0 Å². The van der Waals surface area contributed by atoms with Gasteiger partial charge in [-0.2, -0.15) is 0 Å². The highest BCUT2D eigenvalue weighted by Gasteiger charge is 2.12. The van der Waals surface area contributed by atoms with Crippen LogP contribution in [0.5, 0.6) is 0 Å². The molecule has 1 atom stereocenters. The number of hydrogen-bond acceptors (Lipinski definition) is 3. The lowest BCUT2D eigenvalue weighted by Crippen LogP contribution is -2.28. The Morgan fingerprint density at radius 1 is 1.25 bits per heavy atom. The molecule has 12 heavy (non-hydrogen) atoms. The first-order valence-electron chi connectivity index (χ1n) is 4.33. The summed E-state index contributed by atoms with van der Waals surface area (Å²) in [5, 5.41) is 0. The van der Waals surface area contributed by atoms with Crippen LogP contribution in [-0.2, 0) is 8.85 Å². The smallest absolute Gasteiger partial charge is 0.320 e. The van der Waals surface area contributed by atoms with Crippen molar-refractivity contribution in [3.05, 3.63) is 0 Å². The van der Waals surface area contributed by atoms with Crippen molar-refractivity contribution in [1.29, 1.82) is 0 Å². The minimum atomic E-state index is -1.32. The molecule has 0 aliphatic carbocycles. The third kappa shape index (κ3) is 4.87. The lowest BCUT2D eigenvalue weighted by Gasteiger charge is -2.20. The van der Waals surface area contributed by atoms with E-state index in [9.17, 15) is 0 Å². The van der Waals surface area contributed by atoms with E-state index in [1.807, 2.05) is 0 Å². The van der Waals surface area contributed by atoms with E-state index in [1.165, 1.54) is 0 Å². The van der Waals surface area contributed by atoms with Gasteiger partial charge in [-0.1, -0.05) is 0 Å². The molecule has 0 bridgehead atoms. The van der Waals surface area contributed by atoms with Crippen LogP contribution in [0.25, 0.3) is 0 Å². The van der Waals surface area contributed by atoms with Gasteiger partial charge in [-0.15, -0.1) is 0 Å². The normalized spacial score (nSPS) is 14.2. The Balaban J connectivity index is 3.51. The van der Waals surface area contributed by atoms with Gasteiger partial charge in [0, 0.05) is 20.3 Å². The molecule has 0 aromatic carbocycles. The number of hydrogen-bond donors (Lipinski definition) is 0. The number of nitrogens with zero attached hydrogens (tertiary/aromatic N) is 1. The minimum absolute atomic E-state index is 0.616. The second kappa shape index (κ2) is 6.60. The molecular weight excluding hydrogens is 170 g/mol. The molecule has 0 aromatic heterocycles. The van der Waals surface area contributed by atoms with Gasteiger partial charge in [0.05, 0.1) is 0 Å². The zero-order valence-corrected chi connectivity index (χ0v) is 9.99. The van der Waals surface area contributed by atoms with E-state index in [1.54, 1.807) is 14.2 Å². The van der Waals surface area contributed by atoms with Crippen molar-refractivity contribution in [3.63, 3.8) is 0 Å². The van der Waals surface area contributed by atoms with Crippen molar-refractivity contribution in [3.8, 4) is 0 Å². The van der Waals surface area contributed by atoms with Crippen molar-refractivity contribution >= 4 is 9.28 Å². The fourth-order valence-electron chi connectivity index (χ4n) is 0.967. The van der Waals surface area contributed by atoms with Crippen LogP contribution in [0.4, 0.5) is 0 Å². The highest BCUT2D eigenvalue weighted by atomic mass is 28.3. The molecule has 0 fully saturated rings. The lowest BCUT2D eigenvalue weighted by atomic mass is 10.2. The maximum absolute atomic E-state index is 5.23. The van der Waals surface area contributed by atoms with Crippen molar-refractivity contribution in [2.45, 2.75) is 25.4 Å². The Kier molecular flexibility index (Phi) is 6.65. The summed E-state index contributed by atoms with van der Waals surface area (Å²) in [5.41, 5.74) is 0. The molecule has 0 saturated heterocycles. The SMILES string of the molecule is CO[SiH](CCC(C)N(C)C)OC. The molecule has 0 N–H and O–H groups in total. The van der Waals surface area contributed by atoms with E-state index in [0.717, 1.165) is 12.5 Å². The van der Waals surface area contributed by atoms with Crippen molar-refractivity contribution < 1.29 is 8.85 Å². The lowest BCUT2D eigenvalue weighted by molar-refractivity contribution is 0.261. The van der Waals surface area contributed by atoms with Crippen LogP contribution in [0.3, 0.4) is 0 Å². The van der Waals surface area contributed by atoms with Crippen LogP contribution in [0.2, 0.25) is 6.04 Å². The molecule has 0 spiro atoms. The summed E-state index contributed by atoms with van der Waals surface area (Å²) < 4.78 is 10.5. The average molecular weight is 191 g/mol. The van der Waals surface area contributed by atoms with Crippen molar-refractivity contribution in [2.75, 3.05) is 28.3 Å². The van der Waals surface area contributed by atoms with Gasteiger partial charge in [-0.3, -0.25) is 0 Å². The Morgan fingerprint density at radius 2 is 1.75 bits per heavy atom. The summed E-state index contributed by atoms with van der Waals surface area (Å²) in [6.07, 6.45) is 1.16. The molecule has 0 aliphatic rings. The summed E-state index contributed by atoms with van der Waals surface area (Å²) >= 11 is 0. The quantitative estimate of drug-likeness (QED) is 0.581. The second-order valence-electron chi connectivity index (χ2n) is 3.29. The first-order chi connectivity index (χ1) is 5.61. The van der Waals surface area contributed by atoms with Gasteiger partial charge in [0.25, 0.3) is 0 Å². The molecule has 0 aromatic rings. The maximum Gasteiger partial charge on any atom is 0.320 e. The minimum Gasteiger partial charge on any atom is -0.400 e. The Labute approximate surface area is 77.5 Å². The summed E-state index contributed by atoms with van der Waals surface area (Å²) in [6, 6.07) is 1.71. The van der Waals surface area contributed by atoms with Crippen LogP contribution in [-0.4, -0.2) is 48.5 Å². The molecule has 0 amide bonds. The summed E-state index contributed by atoms with van der Waals surface area (Å²) in [5.74, 6) is 0. The largest absolute Gasteiger partial charge is 0.400 e. The van der Waals surface area contributed by atoms with Gasteiger partial charge in [0.2, 0.25) is 0 Å². The molecule has 3 nitrogen and oxygen atoms in total. The van der Waals surface area contributed by atoms with E-state index in [2.05, 4.69) is 25.9 Å². The van der Waals surface area contributed by atoms with Crippen LogP contribution in [0.15, 0.2) is 0 Å². The Hall–Kier alpha value is 0.0969. The van der Waals surface area contributed by atoms with Crippen molar-refractivity contribution in [1.82, 2.24) is 4.90 Å². The number of rotatable bonds is 6. The zero-order valence-electron chi connectivity index (χ0n) is 8.83. The van der Waals surface area contributed by atoms with Crippen molar-refractivity contribution in [2.24, 2.45) is 0 Å². The summed E-state index contributed by atoms with van der Waals surface area (Å²) in [6.45, 7) is 2.22. The predicted molar refractivity (Wildman–Crippen MR) is 53.7 cm³/mol. The zero-order chi connectivity index (χ0) is 9.56. The summed E-state index contributed by atoms with van der Waals surface area (Å²) in [7, 11) is 6.35. The molecule has 0 rings (SSSR count). The molecule has 0 heterocycles. The molecule has 0 radical (unpaired) electrons. The van der Waals surface area contributed by atoms with E-state index < -0.39 is 9.28 Å². The second-order valence-corrected chi connectivity index (χ2v) is 5.67. The molecule has 4 heteroatoms. The first kappa shape index (κ1) is 12.1. The van der Waals surface area contributed by atoms with E-state index in [4.69, 9.17) is 8.85 Å². The molecule has 0 aliphatic heterocycles. The highest BCUT2D eigenvalue weighted by Crippen LogP contribution is 2.06. The highest BCUT2D eigenvalue weighted by molar-refractivity contribution is 6.44. The van der Waals surface area contributed by atoms with Crippen LogP contribution >= 0.6 is 0 Å². The average Bonchev–Trinajstić information content (AvgIpc) is 2.05. The fraction of sp³-hybridized carbons (Fsp3) is 1.00. The van der Waals surface area contributed by atoms with Gasteiger partial charge >= 0.3 is 9.28 Å². The Bertz CT molecular complexity index is 105. The predicted octanol–water partition coefficient (Wildman–Crippen LogP) is 0.840. The molecular formula is C8H21NO2Si. The first-order valence-corrected chi connectivity index (χ1v) is 6.09.